The van der Waals surface area contributed by atoms with Crippen molar-refractivity contribution in [2.24, 2.45) is 5.92 Å². The van der Waals surface area contributed by atoms with Gasteiger partial charge in [-0.3, -0.25) is 0 Å². The van der Waals surface area contributed by atoms with E-state index in [1.165, 1.54) is 34.3 Å². The van der Waals surface area contributed by atoms with E-state index in [0.29, 0.717) is 12.1 Å². The van der Waals surface area contributed by atoms with E-state index in [1.54, 1.807) is 0 Å². The van der Waals surface area contributed by atoms with Crippen LogP contribution in [0.5, 0.6) is 0 Å². The van der Waals surface area contributed by atoms with E-state index in [2.05, 4.69) is 47.2 Å². The maximum absolute atomic E-state index is 5.67. The van der Waals surface area contributed by atoms with Gasteiger partial charge in [-0.1, -0.05) is 6.92 Å². The van der Waals surface area contributed by atoms with Crippen molar-refractivity contribution in [1.82, 2.24) is 5.32 Å². The van der Waals surface area contributed by atoms with Gasteiger partial charge >= 0.3 is 0 Å². The number of hydrogen-bond donors (Lipinski definition) is 1. The third-order valence-electron chi connectivity index (χ3n) is 3.97. The summed E-state index contributed by atoms with van der Waals surface area (Å²) >= 11 is 5.42. The van der Waals surface area contributed by atoms with E-state index in [4.69, 9.17) is 4.74 Å². The number of halogens is 1. The molecule has 0 saturated heterocycles. The number of nitrogens with one attached hydrogen (secondary N) is 1. The highest BCUT2D eigenvalue weighted by molar-refractivity contribution is 9.11. The van der Waals surface area contributed by atoms with Gasteiger partial charge in [-0.15, -0.1) is 11.3 Å². The minimum absolute atomic E-state index is 0.535. The summed E-state index contributed by atoms with van der Waals surface area (Å²) in [6, 6.07) is 5.03. The Kier molecular flexibility index (Phi) is 7.02. The molecule has 0 aliphatic heterocycles. The van der Waals surface area contributed by atoms with Gasteiger partial charge in [-0.2, -0.15) is 0 Å². The highest BCUT2D eigenvalue weighted by Gasteiger charge is 2.31. The summed E-state index contributed by atoms with van der Waals surface area (Å²) < 4.78 is 6.91. The molecule has 1 fully saturated rings. The van der Waals surface area contributed by atoms with E-state index in [9.17, 15) is 0 Å². The molecule has 1 aliphatic carbocycles. The molecule has 0 spiro atoms. The summed E-state index contributed by atoms with van der Waals surface area (Å²) in [6.45, 7) is 6.31. The van der Waals surface area contributed by atoms with Crippen molar-refractivity contribution in [3.05, 3.63) is 20.8 Å². The summed E-state index contributed by atoms with van der Waals surface area (Å²) in [5.41, 5.74) is 0. The van der Waals surface area contributed by atoms with Crippen LogP contribution in [0.2, 0.25) is 0 Å². The molecule has 1 aromatic heterocycles. The molecule has 0 aromatic carbocycles. The SMILES string of the molecule is CCCNC(Cc1ccc(Br)s1)CC1CC(OCC)C1. The van der Waals surface area contributed by atoms with Crippen LogP contribution in [0.4, 0.5) is 0 Å². The van der Waals surface area contributed by atoms with Crippen molar-refractivity contribution in [3.63, 3.8) is 0 Å². The molecule has 1 unspecified atom stereocenters. The van der Waals surface area contributed by atoms with Crippen LogP contribution in [-0.4, -0.2) is 25.3 Å². The van der Waals surface area contributed by atoms with Gasteiger partial charge in [0.05, 0.1) is 9.89 Å². The predicted octanol–water partition coefficient (Wildman–Crippen LogP) is 4.63. The van der Waals surface area contributed by atoms with Gasteiger partial charge in [0.25, 0.3) is 0 Å². The summed E-state index contributed by atoms with van der Waals surface area (Å²) in [7, 11) is 0. The van der Waals surface area contributed by atoms with Gasteiger partial charge in [-0.05, 0) is 79.6 Å². The normalized spacial score (nSPS) is 23.6. The van der Waals surface area contributed by atoms with Gasteiger partial charge in [0.15, 0.2) is 0 Å². The zero-order valence-corrected chi connectivity index (χ0v) is 14.9. The van der Waals surface area contributed by atoms with E-state index < -0.39 is 0 Å². The van der Waals surface area contributed by atoms with Crippen molar-refractivity contribution >= 4 is 27.3 Å². The smallest absolute Gasteiger partial charge is 0.0701 e. The monoisotopic (exact) mass is 359 g/mol. The quantitative estimate of drug-likeness (QED) is 0.693. The topological polar surface area (TPSA) is 21.3 Å². The Labute approximate surface area is 135 Å². The van der Waals surface area contributed by atoms with Gasteiger partial charge in [0.1, 0.15) is 0 Å². The van der Waals surface area contributed by atoms with Crippen LogP contribution >= 0.6 is 27.3 Å². The molecule has 0 bridgehead atoms. The third-order valence-corrected chi connectivity index (χ3v) is 5.62. The summed E-state index contributed by atoms with van der Waals surface area (Å²) in [6.07, 6.45) is 6.70. The molecule has 0 amide bonds. The zero-order valence-electron chi connectivity index (χ0n) is 12.5. The molecule has 2 rings (SSSR count). The van der Waals surface area contributed by atoms with Crippen molar-refractivity contribution in [3.8, 4) is 0 Å². The maximum atomic E-state index is 5.67. The lowest BCUT2D eigenvalue weighted by atomic mass is 9.77. The highest BCUT2D eigenvalue weighted by Crippen LogP contribution is 2.34. The lowest BCUT2D eigenvalue weighted by molar-refractivity contribution is -0.0289. The Morgan fingerprint density at radius 1 is 1.40 bits per heavy atom. The van der Waals surface area contributed by atoms with Crippen molar-refractivity contribution in [1.29, 1.82) is 0 Å². The molecule has 1 aromatic rings. The van der Waals surface area contributed by atoms with E-state index >= 15 is 0 Å². The largest absolute Gasteiger partial charge is 0.378 e. The minimum atomic E-state index is 0.535. The van der Waals surface area contributed by atoms with Crippen LogP contribution < -0.4 is 5.32 Å². The third kappa shape index (κ3) is 5.14. The van der Waals surface area contributed by atoms with Crippen molar-refractivity contribution in [2.75, 3.05) is 13.2 Å². The molecular formula is C16H26BrNOS. The Bertz CT molecular complexity index is 390. The number of rotatable bonds is 9. The molecule has 1 aliphatic rings. The minimum Gasteiger partial charge on any atom is -0.378 e. The molecule has 1 atom stereocenters. The molecule has 0 radical (unpaired) electrons. The number of thiophene rings is 1. The standard InChI is InChI=1S/C16H26BrNOS/c1-3-7-18-13(11-15-5-6-16(17)20-15)8-12-9-14(10-12)19-4-2/h5-6,12-14,18H,3-4,7-11H2,1-2H3. The van der Waals surface area contributed by atoms with Crippen LogP contribution in [0, 0.1) is 5.92 Å². The van der Waals surface area contributed by atoms with Crippen LogP contribution in [0.1, 0.15) is 44.4 Å². The molecule has 1 N–H and O–H groups in total. The van der Waals surface area contributed by atoms with E-state index in [1.807, 2.05) is 11.3 Å². The predicted molar refractivity (Wildman–Crippen MR) is 90.6 cm³/mol. The van der Waals surface area contributed by atoms with Crippen molar-refractivity contribution in [2.45, 2.75) is 58.1 Å². The zero-order chi connectivity index (χ0) is 14.4. The molecule has 1 saturated carbocycles. The number of hydrogen-bond acceptors (Lipinski definition) is 3. The Hall–Kier alpha value is 0.1000. The molecular weight excluding hydrogens is 334 g/mol. The molecule has 2 nitrogen and oxygen atoms in total. The molecule has 114 valence electrons. The number of ether oxygens (including phenoxy) is 1. The van der Waals surface area contributed by atoms with Crippen LogP contribution in [0.25, 0.3) is 0 Å². The Morgan fingerprint density at radius 2 is 2.20 bits per heavy atom. The second kappa shape index (κ2) is 8.52. The molecule has 4 heteroatoms. The average Bonchev–Trinajstić information content (AvgIpc) is 2.78. The fraction of sp³-hybridized carbons (Fsp3) is 0.750. The fourth-order valence-electron chi connectivity index (χ4n) is 2.93. The molecule has 1 heterocycles. The second-order valence-corrected chi connectivity index (χ2v) is 8.26. The van der Waals surface area contributed by atoms with E-state index in [-0.39, 0.29) is 0 Å². The average molecular weight is 360 g/mol. The summed E-state index contributed by atoms with van der Waals surface area (Å²) in [5.74, 6) is 0.851. The van der Waals surface area contributed by atoms with Crippen LogP contribution in [-0.2, 0) is 11.2 Å². The van der Waals surface area contributed by atoms with Crippen LogP contribution in [0.15, 0.2) is 15.9 Å². The van der Waals surface area contributed by atoms with E-state index in [0.717, 1.165) is 25.5 Å². The van der Waals surface area contributed by atoms with Crippen molar-refractivity contribution < 1.29 is 4.74 Å². The fourth-order valence-corrected chi connectivity index (χ4v) is 4.50. The second-order valence-electron chi connectivity index (χ2n) is 5.71. The maximum Gasteiger partial charge on any atom is 0.0701 e. The summed E-state index contributed by atoms with van der Waals surface area (Å²) in [4.78, 5) is 1.48. The first-order valence-corrected chi connectivity index (χ1v) is 9.41. The first kappa shape index (κ1) is 16.5. The Balaban J connectivity index is 1.78. The van der Waals surface area contributed by atoms with Gasteiger partial charge < -0.3 is 10.1 Å². The highest BCUT2D eigenvalue weighted by atomic mass is 79.9. The van der Waals surface area contributed by atoms with Gasteiger partial charge in [0.2, 0.25) is 0 Å². The molecule has 20 heavy (non-hydrogen) atoms. The summed E-state index contributed by atoms with van der Waals surface area (Å²) in [5, 5.41) is 3.72. The first-order chi connectivity index (χ1) is 9.71. The Morgan fingerprint density at radius 3 is 2.80 bits per heavy atom. The lowest BCUT2D eigenvalue weighted by Crippen LogP contribution is -2.39. The van der Waals surface area contributed by atoms with Gasteiger partial charge in [-0.25, -0.2) is 0 Å². The van der Waals surface area contributed by atoms with Gasteiger partial charge in [0, 0.05) is 17.5 Å². The lowest BCUT2D eigenvalue weighted by Gasteiger charge is -2.37. The van der Waals surface area contributed by atoms with Crippen LogP contribution in [0.3, 0.4) is 0 Å². The first-order valence-electron chi connectivity index (χ1n) is 7.80.